The smallest absolute Gasteiger partial charge is 0.353 e. The molecule has 1 aromatic carbocycles. The van der Waals surface area contributed by atoms with E-state index in [0.717, 1.165) is 4.68 Å². The van der Waals surface area contributed by atoms with Crippen LogP contribution in [0.15, 0.2) is 53.5 Å². The molecule has 1 aliphatic heterocycles. The van der Waals surface area contributed by atoms with Crippen LogP contribution in [0.3, 0.4) is 0 Å². The standard InChI is InChI=1S/C27H27FN8O4/c1-15-11-20(21-10-9-19(13-30-21)36-25(40-5)32-33(4)26(36)38)22(28)23(31-15)34-14-16(2)35(27(34)39)18-8-6-7-17(12-18)24(37)29-3/h6-13,16H,14H2,1-5H3,(H,29,37)/t16-/m0/s1. The number of aromatic nitrogens is 5. The number of benzene rings is 1. The van der Waals surface area contributed by atoms with Crippen LogP contribution in [0.2, 0.25) is 0 Å². The summed E-state index contributed by atoms with van der Waals surface area (Å²) in [7, 11) is 4.43. The molecule has 1 atom stereocenters. The Hall–Kier alpha value is -5.07. The molecule has 0 radical (unpaired) electrons. The molecule has 3 aromatic heterocycles. The summed E-state index contributed by atoms with van der Waals surface area (Å²) in [5.41, 5.74) is 1.82. The molecule has 0 aliphatic carbocycles. The molecule has 1 saturated heterocycles. The number of hydrogen-bond donors (Lipinski definition) is 1. The molecule has 13 heteroatoms. The fraction of sp³-hybridized carbons (Fsp3) is 0.259. The number of amides is 3. The van der Waals surface area contributed by atoms with Crippen LogP contribution in [0.25, 0.3) is 16.9 Å². The van der Waals surface area contributed by atoms with Crippen molar-refractivity contribution in [3.8, 4) is 23.0 Å². The highest BCUT2D eigenvalue weighted by atomic mass is 19.1. The lowest BCUT2D eigenvalue weighted by Crippen LogP contribution is -2.34. The first-order valence-corrected chi connectivity index (χ1v) is 12.4. The van der Waals surface area contributed by atoms with E-state index in [4.69, 9.17) is 4.74 Å². The fourth-order valence-corrected chi connectivity index (χ4v) is 4.71. The Balaban J connectivity index is 1.49. The summed E-state index contributed by atoms with van der Waals surface area (Å²) in [5, 5.41) is 6.58. The molecule has 1 N–H and O–H groups in total. The Labute approximate surface area is 228 Å². The molecule has 0 saturated carbocycles. The topological polar surface area (TPSA) is 127 Å². The zero-order valence-electron chi connectivity index (χ0n) is 22.5. The number of carbonyl (C=O) groups is 2. The van der Waals surface area contributed by atoms with Crippen LogP contribution in [-0.2, 0) is 7.05 Å². The number of anilines is 2. The van der Waals surface area contributed by atoms with Crippen LogP contribution < -0.4 is 25.5 Å². The molecule has 1 aliphatic rings. The average molecular weight is 547 g/mol. The third-order valence-corrected chi connectivity index (χ3v) is 6.62. The lowest BCUT2D eigenvalue weighted by molar-refractivity contribution is 0.0963. The second kappa shape index (κ2) is 10.2. The van der Waals surface area contributed by atoms with Crippen molar-refractivity contribution in [2.24, 2.45) is 7.05 Å². The summed E-state index contributed by atoms with van der Waals surface area (Å²) in [5.74, 6) is -1.10. The second-order valence-corrected chi connectivity index (χ2v) is 9.32. The van der Waals surface area contributed by atoms with Gasteiger partial charge in [0.15, 0.2) is 11.6 Å². The molecule has 3 amide bonds. The lowest BCUT2D eigenvalue weighted by atomic mass is 10.1. The van der Waals surface area contributed by atoms with Gasteiger partial charge in [-0.25, -0.2) is 28.2 Å². The lowest BCUT2D eigenvalue weighted by Gasteiger charge is -2.21. The van der Waals surface area contributed by atoms with Gasteiger partial charge >= 0.3 is 17.7 Å². The quantitative estimate of drug-likeness (QED) is 0.394. The first-order valence-electron chi connectivity index (χ1n) is 12.4. The molecule has 4 aromatic rings. The highest BCUT2D eigenvalue weighted by Gasteiger charge is 2.39. The van der Waals surface area contributed by atoms with Crippen molar-refractivity contribution in [3.63, 3.8) is 0 Å². The Morgan fingerprint density at radius 2 is 1.93 bits per heavy atom. The summed E-state index contributed by atoms with van der Waals surface area (Å²) >= 11 is 0. The summed E-state index contributed by atoms with van der Waals surface area (Å²) in [6.45, 7) is 3.73. The van der Waals surface area contributed by atoms with Crippen molar-refractivity contribution < 1.29 is 18.7 Å². The zero-order valence-corrected chi connectivity index (χ0v) is 22.5. The minimum Gasteiger partial charge on any atom is -0.467 e. The molecule has 206 valence electrons. The predicted molar refractivity (Wildman–Crippen MR) is 146 cm³/mol. The highest BCUT2D eigenvalue weighted by molar-refractivity contribution is 6.07. The van der Waals surface area contributed by atoms with Crippen molar-refractivity contribution in [1.82, 2.24) is 29.6 Å². The molecule has 5 rings (SSSR count). The minimum absolute atomic E-state index is 0.0855. The van der Waals surface area contributed by atoms with Gasteiger partial charge in [0, 0.05) is 43.1 Å². The van der Waals surface area contributed by atoms with Crippen LogP contribution in [0.1, 0.15) is 23.0 Å². The third-order valence-electron chi connectivity index (χ3n) is 6.62. The van der Waals surface area contributed by atoms with E-state index in [-0.39, 0.29) is 35.9 Å². The SMILES string of the molecule is CNC(=O)c1cccc(N2C(=O)N(c3nc(C)cc(-c4ccc(-n5c(OC)nn(C)c5=O)cn4)c3F)C[C@@H]2C)c1. The van der Waals surface area contributed by atoms with E-state index in [1.807, 2.05) is 6.92 Å². The number of pyridine rings is 2. The van der Waals surface area contributed by atoms with E-state index in [9.17, 15) is 14.4 Å². The van der Waals surface area contributed by atoms with Gasteiger partial charge in [-0.1, -0.05) is 6.07 Å². The number of halogens is 1. The van der Waals surface area contributed by atoms with Gasteiger partial charge in [0.2, 0.25) is 0 Å². The molecule has 4 heterocycles. The number of carbonyl (C=O) groups excluding carboxylic acids is 2. The van der Waals surface area contributed by atoms with E-state index >= 15 is 4.39 Å². The molecule has 40 heavy (non-hydrogen) atoms. The number of urea groups is 1. The number of nitrogens with zero attached hydrogens (tertiary/aromatic N) is 7. The van der Waals surface area contributed by atoms with E-state index in [2.05, 4.69) is 20.4 Å². The third kappa shape index (κ3) is 4.44. The van der Waals surface area contributed by atoms with Crippen molar-refractivity contribution >= 4 is 23.4 Å². The molecular weight excluding hydrogens is 519 g/mol. The fourth-order valence-electron chi connectivity index (χ4n) is 4.71. The summed E-state index contributed by atoms with van der Waals surface area (Å²) in [4.78, 5) is 49.7. The number of nitrogens with one attached hydrogen (secondary N) is 1. The van der Waals surface area contributed by atoms with Gasteiger partial charge in [-0.15, -0.1) is 5.10 Å². The maximum absolute atomic E-state index is 16.0. The van der Waals surface area contributed by atoms with E-state index in [0.29, 0.717) is 28.3 Å². The molecule has 0 bridgehead atoms. The van der Waals surface area contributed by atoms with Gasteiger partial charge in [-0.3, -0.25) is 19.6 Å². The zero-order chi connectivity index (χ0) is 28.7. The molecule has 0 unspecified atom stereocenters. The van der Waals surface area contributed by atoms with E-state index < -0.39 is 17.5 Å². The molecule has 1 fully saturated rings. The Morgan fingerprint density at radius 1 is 1.15 bits per heavy atom. The summed E-state index contributed by atoms with van der Waals surface area (Å²) in [6, 6.07) is 10.7. The number of rotatable bonds is 6. The van der Waals surface area contributed by atoms with Gasteiger partial charge in [0.25, 0.3) is 5.91 Å². The molecule has 0 spiro atoms. The van der Waals surface area contributed by atoms with Crippen LogP contribution in [-0.4, -0.2) is 63.0 Å². The Kier molecular flexibility index (Phi) is 6.80. The normalized spacial score (nSPS) is 15.1. The second-order valence-electron chi connectivity index (χ2n) is 9.32. The van der Waals surface area contributed by atoms with Crippen LogP contribution in [0.5, 0.6) is 6.01 Å². The molecule has 12 nitrogen and oxygen atoms in total. The Bertz CT molecular complexity index is 1680. The monoisotopic (exact) mass is 546 g/mol. The van der Waals surface area contributed by atoms with Gasteiger partial charge in [0.1, 0.15) is 0 Å². The van der Waals surface area contributed by atoms with Crippen molar-refractivity contribution in [1.29, 1.82) is 0 Å². The van der Waals surface area contributed by atoms with E-state index in [1.165, 1.54) is 41.8 Å². The summed E-state index contributed by atoms with van der Waals surface area (Å²) < 4.78 is 23.6. The predicted octanol–water partition coefficient (Wildman–Crippen LogP) is 2.68. The minimum atomic E-state index is -0.705. The van der Waals surface area contributed by atoms with Gasteiger partial charge < -0.3 is 10.1 Å². The van der Waals surface area contributed by atoms with Gasteiger partial charge in [-0.2, -0.15) is 0 Å². The largest absolute Gasteiger partial charge is 0.467 e. The van der Waals surface area contributed by atoms with E-state index in [1.54, 1.807) is 49.4 Å². The van der Waals surface area contributed by atoms with Crippen molar-refractivity contribution in [2.45, 2.75) is 19.9 Å². The number of hydrogen-bond acceptors (Lipinski definition) is 7. The number of methoxy groups -OCH3 is 1. The van der Waals surface area contributed by atoms with Gasteiger partial charge in [0.05, 0.1) is 30.7 Å². The summed E-state index contributed by atoms with van der Waals surface area (Å²) in [6.07, 6.45) is 1.42. The first-order chi connectivity index (χ1) is 19.1. The van der Waals surface area contributed by atoms with Crippen LogP contribution >= 0.6 is 0 Å². The molecular formula is C27H27FN8O4. The maximum Gasteiger partial charge on any atom is 0.353 e. The number of ether oxygens (including phenoxy) is 1. The van der Waals surface area contributed by atoms with Gasteiger partial charge in [-0.05, 0) is 50.2 Å². The average Bonchev–Trinajstić information content (AvgIpc) is 3.42. The Morgan fingerprint density at radius 3 is 2.60 bits per heavy atom. The maximum atomic E-state index is 16.0. The van der Waals surface area contributed by atoms with Crippen LogP contribution in [0.4, 0.5) is 20.7 Å². The van der Waals surface area contributed by atoms with Crippen LogP contribution in [0, 0.1) is 12.7 Å². The van der Waals surface area contributed by atoms with Crippen molar-refractivity contribution in [2.75, 3.05) is 30.5 Å². The first kappa shape index (κ1) is 26.5. The number of aryl methyl sites for hydroxylation is 2. The highest BCUT2D eigenvalue weighted by Crippen LogP contribution is 2.34. The van der Waals surface area contributed by atoms with Crippen molar-refractivity contribution in [3.05, 3.63) is 76.2 Å².